The fraction of sp³-hybridized carbons (Fsp3) is 0.500. The van der Waals surface area contributed by atoms with Gasteiger partial charge in [0.1, 0.15) is 0 Å². The first-order chi connectivity index (χ1) is 9.52. The maximum Gasteiger partial charge on any atom is 0.171 e. The minimum atomic E-state index is 0.119. The van der Waals surface area contributed by atoms with Crippen molar-refractivity contribution in [3.8, 4) is 0 Å². The number of benzene rings is 1. The zero-order chi connectivity index (χ0) is 14.7. The maximum absolute atomic E-state index is 8.75. The summed E-state index contributed by atoms with van der Waals surface area (Å²) in [4.78, 5) is 4.67. The van der Waals surface area contributed by atoms with Gasteiger partial charge in [0.25, 0.3) is 0 Å². The van der Waals surface area contributed by atoms with Gasteiger partial charge in [-0.1, -0.05) is 5.16 Å². The molecule has 0 radical (unpaired) electrons. The topological polar surface area (TPSA) is 65.1 Å². The molecule has 0 aromatic heterocycles. The van der Waals surface area contributed by atoms with E-state index in [1.54, 1.807) is 0 Å². The van der Waals surface area contributed by atoms with Gasteiger partial charge in [-0.2, -0.15) is 0 Å². The fourth-order valence-electron chi connectivity index (χ4n) is 2.57. The first-order valence-electron chi connectivity index (χ1n) is 6.71. The Morgan fingerprint density at radius 2 is 2.25 bits per heavy atom. The second kappa shape index (κ2) is 6.45. The van der Waals surface area contributed by atoms with Gasteiger partial charge in [0.2, 0.25) is 0 Å². The number of hydrogen-bond acceptors (Lipinski definition) is 4. The summed E-state index contributed by atoms with van der Waals surface area (Å²) in [5.41, 5.74) is 7.51. The molecule has 1 fully saturated rings. The van der Waals surface area contributed by atoms with E-state index in [0.717, 1.165) is 23.2 Å². The summed E-state index contributed by atoms with van der Waals surface area (Å²) in [6.07, 6.45) is 2.44. The molecule has 1 heterocycles. The van der Waals surface area contributed by atoms with E-state index in [-0.39, 0.29) is 5.84 Å². The molecular weight excluding hydrogens is 320 g/mol. The SMILES string of the molecule is CN(C)C1CCCN(c2ccc(/C(N)=N/O)c(Br)c2)C1. The fourth-order valence-corrected chi connectivity index (χ4v) is 3.14. The molecule has 0 saturated carbocycles. The van der Waals surface area contributed by atoms with E-state index in [1.165, 1.54) is 12.8 Å². The monoisotopic (exact) mass is 340 g/mol. The van der Waals surface area contributed by atoms with Crippen molar-refractivity contribution < 1.29 is 5.21 Å². The van der Waals surface area contributed by atoms with Crippen molar-refractivity contribution in [2.45, 2.75) is 18.9 Å². The Morgan fingerprint density at radius 1 is 1.50 bits per heavy atom. The van der Waals surface area contributed by atoms with Crippen LogP contribution < -0.4 is 10.6 Å². The van der Waals surface area contributed by atoms with Crippen LogP contribution in [0.15, 0.2) is 27.8 Å². The lowest BCUT2D eigenvalue weighted by Gasteiger charge is -2.37. The number of oxime groups is 1. The summed E-state index contributed by atoms with van der Waals surface area (Å²) >= 11 is 3.49. The lowest BCUT2D eigenvalue weighted by Crippen LogP contribution is -2.45. The molecule has 0 amide bonds. The Labute approximate surface area is 128 Å². The zero-order valence-electron chi connectivity index (χ0n) is 11.9. The van der Waals surface area contributed by atoms with Gasteiger partial charge in [-0.25, -0.2) is 0 Å². The highest BCUT2D eigenvalue weighted by atomic mass is 79.9. The smallest absolute Gasteiger partial charge is 0.171 e. The molecular formula is C14H21BrN4O. The summed E-state index contributed by atoms with van der Waals surface area (Å²) in [6.45, 7) is 2.10. The average molecular weight is 341 g/mol. The molecule has 0 aliphatic carbocycles. The molecule has 1 aliphatic heterocycles. The van der Waals surface area contributed by atoms with Crippen LogP contribution in [0, 0.1) is 0 Å². The Bertz CT molecular complexity index is 504. The summed E-state index contributed by atoms with van der Waals surface area (Å²) in [5, 5.41) is 11.8. The Morgan fingerprint density at radius 3 is 2.85 bits per heavy atom. The van der Waals surface area contributed by atoms with Crippen LogP contribution in [0.1, 0.15) is 18.4 Å². The Balaban J connectivity index is 2.19. The highest BCUT2D eigenvalue weighted by Crippen LogP contribution is 2.27. The van der Waals surface area contributed by atoms with Crippen LogP contribution in [0.3, 0.4) is 0 Å². The Hall–Kier alpha value is -1.27. The van der Waals surface area contributed by atoms with Crippen molar-refractivity contribution in [1.82, 2.24) is 4.90 Å². The van der Waals surface area contributed by atoms with Gasteiger partial charge < -0.3 is 20.7 Å². The van der Waals surface area contributed by atoms with E-state index in [2.05, 4.69) is 45.0 Å². The molecule has 1 aliphatic rings. The third-order valence-corrected chi connectivity index (χ3v) is 4.48. The molecule has 0 bridgehead atoms. The molecule has 6 heteroatoms. The van der Waals surface area contributed by atoms with Gasteiger partial charge >= 0.3 is 0 Å². The minimum Gasteiger partial charge on any atom is -0.409 e. The first-order valence-corrected chi connectivity index (χ1v) is 7.51. The van der Waals surface area contributed by atoms with Crippen LogP contribution in [0.4, 0.5) is 5.69 Å². The standard InChI is InChI=1S/C14H21BrN4O/c1-18(2)11-4-3-7-19(9-11)10-5-6-12(13(15)8-10)14(16)17-20/h5-6,8,11,20H,3-4,7,9H2,1-2H3,(H2,16,17). The van der Waals surface area contributed by atoms with E-state index < -0.39 is 0 Å². The van der Waals surface area contributed by atoms with E-state index in [9.17, 15) is 0 Å². The van der Waals surface area contributed by atoms with Crippen LogP contribution in [-0.4, -0.2) is 49.2 Å². The van der Waals surface area contributed by atoms with E-state index in [1.807, 2.05) is 18.2 Å². The number of nitrogens with zero attached hydrogens (tertiary/aromatic N) is 3. The molecule has 3 N–H and O–H groups in total. The molecule has 1 aromatic rings. The van der Waals surface area contributed by atoms with Gasteiger partial charge in [0.05, 0.1) is 0 Å². The third-order valence-electron chi connectivity index (χ3n) is 3.83. The number of likely N-dealkylation sites (N-methyl/N-ethyl adjacent to an activating group) is 1. The van der Waals surface area contributed by atoms with Crippen LogP contribution in [-0.2, 0) is 0 Å². The van der Waals surface area contributed by atoms with Crippen molar-refractivity contribution in [3.63, 3.8) is 0 Å². The minimum absolute atomic E-state index is 0.119. The number of rotatable bonds is 3. The van der Waals surface area contributed by atoms with Crippen LogP contribution in [0.25, 0.3) is 0 Å². The summed E-state index contributed by atoms with van der Waals surface area (Å²) in [5.74, 6) is 0.119. The molecule has 2 rings (SSSR count). The molecule has 110 valence electrons. The molecule has 20 heavy (non-hydrogen) atoms. The summed E-state index contributed by atoms with van der Waals surface area (Å²) < 4.78 is 0.845. The second-order valence-corrected chi connectivity index (χ2v) is 6.21. The van der Waals surface area contributed by atoms with E-state index >= 15 is 0 Å². The molecule has 1 saturated heterocycles. The second-order valence-electron chi connectivity index (χ2n) is 5.36. The Kier molecular flexibility index (Phi) is 4.88. The number of nitrogens with two attached hydrogens (primary N) is 1. The van der Waals surface area contributed by atoms with Crippen molar-refractivity contribution in [3.05, 3.63) is 28.2 Å². The van der Waals surface area contributed by atoms with Gasteiger partial charge in [-0.15, -0.1) is 0 Å². The predicted molar refractivity (Wildman–Crippen MR) is 85.6 cm³/mol. The van der Waals surface area contributed by atoms with Crippen molar-refractivity contribution in [2.24, 2.45) is 10.9 Å². The van der Waals surface area contributed by atoms with Crippen molar-refractivity contribution in [2.75, 3.05) is 32.1 Å². The lowest BCUT2D eigenvalue weighted by atomic mass is 10.0. The van der Waals surface area contributed by atoms with Crippen LogP contribution in [0.2, 0.25) is 0 Å². The first kappa shape index (κ1) is 15.1. The molecule has 1 aromatic carbocycles. The highest BCUT2D eigenvalue weighted by molar-refractivity contribution is 9.10. The predicted octanol–water partition coefficient (Wildman–Crippen LogP) is 2.07. The molecule has 1 unspecified atom stereocenters. The maximum atomic E-state index is 8.75. The van der Waals surface area contributed by atoms with Crippen molar-refractivity contribution >= 4 is 27.5 Å². The number of hydrogen-bond donors (Lipinski definition) is 2. The lowest BCUT2D eigenvalue weighted by molar-refractivity contribution is 0.258. The van der Waals surface area contributed by atoms with Crippen LogP contribution >= 0.6 is 15.9 Å². The molecule has 5 nitrogen and oxygen atoms in total. The van der Waals surface area contributed by atoms with E-state index in [4.69, 9.17) is 10.9 Å². The number of anilines is 1. The van der Waals surface area contributed by atoms with E-state index in [0.29, 0.717) is 11.6 Å². The van der Waals surface area contributed by atoms with Gasteiger partial charge in [0.15, 0.2) is 5.84 Å². The average Bonchev–Trinajstić information content (AvgIpc) is 2.46. The number of piperidine rings is 1. The molecule has 0 spiro atoms. The zero-order valence-corrected chi connectivity index (χ0v) is 13.5. The van der Waals surface area contributed by atoms with Gasteiger partial charge in [-0.3, -0.25) is 0 Å². The highest BCUT2D eigenvalue weighted by Gasteiger charge is 2.22. The summed E-state index contributed by atoms with van der Waals surface area (Å²) in [6, 6.07) is 6.53. The summed E-state index contributed by atoms with van der Waals surface area (Å²) in [7, 11) is 4.26. The van der Waals surface area contributed by atoms with Gasteiger partial charge in [0, 0.05) is 34.9 Å². The van der Waals surface area contributed by atoms with Gasteiger partial charge in [-0.05, 0) is 61.1 Å². The van der Waals surface area contributed by atoms with Crippen LogP contribution in [0.5, 0.6) is 0 Å². The molecule has 1 atom stereocenters. The number of halogens is 1. The normalized spacial score (nSPS) is 20.5. The third kappa shape index (κ3) is 3.24. The number of amidine groups is 1. The quantitative estimate of drug-likeness (QED) is 0.382. The largest absolute Gasteiger partial charge is 0.409 e. The van der Waals surface area contributed by atoms with Crippen molar-refractivity contribution in [1.29, 1.82) is 0 Å².